The Labute approximate surface area is 306 Å². The van der Waals surface area contributed by atoms with Crippen LogP contribution in [0.4, 0.5) is 87.8 Å². The van der Waals surface area contributed by atoms with Crippen molar-refractivity contribution >= 4 is 50.3 Å². The molecule has 0 aliphatic rings. The molecule has 0 aliphatic carbocycles. The van der Waals surface area contributed by atoms with E-state index in [0.29, 0.717) is 0 Å². The van der Waals surface area contributed by atoms with Crippen LogP contribution in [0.3, 0.4) is 0 Å². The van der Waals surface area contributed by atoms with E-state index >= 15 is 0 Å². The van der Waals surface area contributed by atoms with Crippen LogP contribution >= 0.6 is 15.6 Å². The Morgan fingerprint density at radius 1 is 0.232 bits per heavy atom. The predicted octanol–water partition coefficient (Wildman–Crippen LogP) is 8.34. The van der Waals surface area contributed by atoms with Crippen molar-refractivity contribution in [1.29, 1.82) is 0 Å². The molecule has 0 fully saturated rings. The molecule has 0 aromatic heterocycles. The zero-order chi connectivity index (χ0) is 43.0. The van der Waals surface area contributed by atoms with Gasteiger partial charge in [-0.2, -0.15) is 15.6 Å². The average Bonchev–Trinajstić information content (AvgIpc) is 3.18. The molecular formula is C32H24B2F20P2. The van der Waals surface area contributed by atoms with Gasteiger partial charge in [0.25, 0.3) is 0 Å². The molecular weight excluding hydrogens is 848 g/mol. The maximum absolute atomic E-state index is 14.3. The molecule has 0 aliphatic heterocycles. The summed E-state index contributed by atoms with van der Waals surface area (Å²) in [5.74, 6) is -47.6. The van der Waals surface area contributed by atoms with Crippen LogP contribution < -0.4 is 21.9 Å². The number of benzene rings is 4. The van der Waals surface area contributed by atoms with Gasteiger partial charge in [0, 0.05) is 24.6 Å². The second kappa shape index (κ2) is 18.4. The van der Waals surface area contributed by atoms with Gasteiger partial charge < -0.3 is 0 Å². The largest absolute Gasteiger partial charge is 0.217 e. The van der Waals surface area contributed by atoms with Gasteiger partial charge in [0.1, 0.15) is 46.5 Å². The predicted molar refractivity (Wildman–Crippen MR) is 177 cm³/mol. The van der Waals surface area contributed by atoms with Gasteiger partial charge in [-0.1, -0.05) is 21.9 Å². The summed E-state index contributed by atoms with van der Waals surface area (Å²) in [4.78, 5) is 0. The van der Waals surface area contributed by atoms with Crippen molar-refractivity contribution in [2.45, 2.75) is 27.7 Å². The highest BCUT2D eigenvalue weighted by Crippen LogP contribution is 2.41. The van der Waals surface area contributed by atoms with Crippen molar-refractivity contribution < 1.29 is 87.8 Å². The zero-order valence-corrected chi connectivity index (χ0v) is 30.8. The van der Waals surface area contributed by atoms with Crippen LogP contribution in [-0.2, 0) is 0 Å². The average molecular weight is 872 g/mol. The fourth-order valence-corrected chi connectivity index (χ4v) is 12.9. The molecule has 0 heterocycles. The summed E-state index contributed by atoms with van der Waals surface area (Å²) >= 11 is 0. The van der Waals surface area contributed by atoms with E-state index in [2.05, 4.69) is 0 Å². The lowest BCUT2D eigenvalue weighted by atomic mass is 9.60. The van der Waals surface area contributed by atoms with E-state index in [1.807, 2.05) is 0 Å². The minimum Gasteiger partial charge on any atom is -0.207 e. The van der Waals surface area contributed by atoms with Crippen LogP contribution in [0.25, 0.3) is 0 Å². The van der Waals surface area contributed by atoms with Gasteiger partial charge >= 0.3 is 0 Å². The normalized spacial score (nSPS) is 11.8. The fraction of sp³-hybridized carbons (Fsp3) is 0.250. The van der Waals surface area contributed by atoms with Crippen molar-refractivity contribution in [3.8, 4) is 0 Å². The van der Waals surface area contributed by atoms with E-state index in [4.69, 9.17) is 0 Å². The highest BCUT2D eigenvalue weighted by atomic mass is 31.1. The van der Waals surface area contributed by atoms with Crippen molar-refractivity contribution in [3.63, 3.8) is 0 Å². The van der Waals surface area contributed by atoms with Crippen LogP contribution in [0.2, 0.25) is 0 Å². The van der Waals surface area contributed by atoms with Gasteiger partial charge in [0.05, 0.1) is 0 Å². The van der Waals surface area contributed by atoms with Crippen LogP contribution in [0.15, 0.2) is 0 Å². The van der Waals surface area contributed by atoms with Crippen LogP contribution in [-0.4, -0.2) is 37.5 Å². The molecule has 0 N–H and O–H groups in total. The first-order valence-corrected chi connectivity index (χ1v) is 20.4. The minimum absolute atomic E-state index is 0.0140. The molecule has 0 amide bonds. The topological polar surface area (TPSA) is 0 Å². The Morgan fingerprint density at radius 2 is 0.339 bits per heavy atom. The molecule has 0 saturated heterocycles. The summed E-state index contributed by atoms with van der Waals surface area (Å²) < 4.78 is 277. The van der Waals surface area contributed by atoms with Gasteiger partial charge in [0.15, 0.2) is 69.8 Å². The van der Waals surface area contributed by atoms with E-state index in [1.54, 1.807) is 0 Å². The molecule has 4 aromatic rings. The van der Waals surface area contributed by atoms with Gasteiger partial charge in [-0.3, -0.25) is 0 Å². The smallest absolute Gasteiger partial charge is 0.207 e. The first-order valence-electron chi connectivity index (χ1n) is 16.1. The van der Waals surface area contributed by atoms with Gasteiger partial charge in [-0.25, -0.2) is 87.8 Å². The van der Waals surface area contributed by atoms with Crippen LogP contribution in [0.5, 0.6) is 0 Å². The fourth-order valence-electron chi connectivity index (χ4n) is 6.70. The van der Waals surface area contributed by atoms with E-state index < -0.39 is 167 Å². The highest BCUT2D eigenvalue weighted by Gasteiger charge is 2.41. The number of rotatable bonds is 10. The van der Waals surface area contributed by atoms with Gasteiger partial charge in [-0.15, -0.1) is 0 Å². The first-order chi connectivity index (χ1) is 26.0. The zero-order valence-electron chi connectivity index (χ0n) is 28.8. The lowest BCUT2D eigenvalue weighted by molar-refractivity contribution is 0.382. The lowest BCUT2D eigenvalue weighted by Gasteiger charge is -2.29. The van der Waals surface area contributed by atoms with Gasteiger partial charge in [0.2, 0.25) is 12.9 Å². The summed E-state index contributed by atoms with van der Waals surface area (Å²) in [6.07, 6.45) is -6.60. The molecule has 0 radical (unpaired) electrons. The quantitative estimate of drug-likeness (QED) is 0.0495. The molecule has 56 heavy (non-hydrogen) atoms. The second-order valence-electron chi connectivity index (χ2n) is 12.2. The third kappa shape index (κ3) is 7.97. The SMILES string of the molecule is CC[PH+](CC)[BH-](c1c(F)c(F)c(F)c(F)c1F)c1c(F)c(F)c(F)c(F)c1F.CC[PH+](CC)[BH-](c1c(F)c(F)c(F)c(F)c1F)c1c(F)c(F)c(F)c(F)c1F. The maximum atomic E-state index is 14.3. The molecule has 4 aromatic carbocycles. The van der Waals surface area contributed by atoms with Crippen molar-refractivity contribution in [3.05, 3.63) is 116 Å². The summed E-state index contributed by atoms with van der Waals surface area (Å²) in [5.41, 5.74) is -6.12. The molecule has 4 rings (SSSR count). The monoisotopic (exact) mass is 872 g/mol. The van der Waals surface area contributed by atoms with E-state index in [9.17, 15) is 87.8 Å². The molecule has 0 atom stereocenters. The van der Waals surface area contributed by atoms with Crippen molar-refractivity contribution in [2.24, 2.45) is 0 Å². The summed E-state index contributed by atoms with van der Waals surface area (Å²) in [6.45, 7) is 5.71. The summed E-state index contributed by atoms with van der Waals surface area (Å²) in [5, 5.41) is 0. The van der Waals surface area contributed by atoms with Gasteiger partial charge in [-0.05, 0) is 27.7 Å². The van der Waals surface area contributed by atoms with E-state index in [1.165, 1.54) is 27.7 Å². The standard InChI is InChI=1S/2C16H12BF10P/c2*1-3-28(4-2)17(5-7(18)11(22)15(26)12(23)8(5)19)6-9(20)13(24)16(27)14(25)10(6)21/h2*17,28H,3-4H2,1-2H3. The number of hydrogen-bond donors (Lipinski definition) is 0. The van der Waals surface area contributed by atoms with Crippen LogP contribution in [0.1, 0.15) is 27.7 Å². The third-order valence-electron chi connectivity index (χ3n) is 9.62. The minimum atomic E-state index is -3.33. The Bertz CT molecular complexity index is 1750. The molecule has 0 bridgehead atoms. The highest BCUT2D eigenvalue weighted by molar-refractivity contribution is 7.94. The summed E-state index contributed by atoms with van der Waals surface area (Å²) in [6, 6.07) is 0. The molecule has 24 heteroatoms. The molecule has 0 unspecified atom stereocenters. The first kappa shape index (κ1) is 46.8. The molecule has 0 spiro atoms. The molecule has 308 valence electrons. The number of hydrogen-bond acceptors (Lipinski definition) is 0. The van der Waals surface area contributed by atoms with E-state index in [0.717, 1.165) is 0 Å². The lowest BCUT2D eigenvalue weighted by Crippen LogP contribution is -2.50. The maximum Gasteiger partial charge on any atom is 0.217 e. The third-order valence-corrected chi connectivity index (χ3v) is 17.0. The van der Waals surface area contributed by atoms with Crippen molar-refractivity contribution in [2.75, 3.05) is 24.6 Å². The Kier molecular flexibility index (Phi) is 15.4. The summed E-state index contributed by atoms with van der Waals surface area (Å²) in [7, 11) is -4.67. The van der Waals surface area contributed by atoms with E-state index in [-0.39, 0.29) is 24.6 Å². The molecule has 0 saturated carbocycles. The van der Waals surface area contributed by atoms with Crippen molar-refractivity contribution in [1.82, 2.24) is 0 Å². The van der Waals surface area contributed by atoms with Crippen LogP contribution in [0, 0.1) is 116 Å². The Balaban J connectivity index is 0.000000300. The second-order valence-corrected chi connectivity index (χ2v) is 19.4. The Hall–Kier alpha value is -3.53. The number of halogens is 20. The Morgan fingerprint density at radius 3 is 0.446 bits per heavy atom. The molecule has 0 nitrogen and oxygen atoms in total.